The van der Waals surface area contributed by atoms with Crippen LogP contribution in [0.3, 0.4) is 0 Å². The highest BCUT2D eigenvalue weighted by Gasteiger charge is 2.44. The predicted octanol–water partition coefficient (Wildman–Crippen LogP) is 5.56. The lowest BCUT2D eigenvalue weighted by atomic mass is 9.85. The molecule has 1 saturated heterocycles. The number of methoxy groups -OCH3 is 2. The Kier molecular flexibility index (Phi) is 34.1. The number of likely N-dealkylation sites (N-methyl/N-ethyl adjacent to an activating group) is 2. The molecule has 30 heteroatoms. The largest absolute Gasteiger partial charge is 0.480 e. The van der Waals surface area contributed by atoms with Crippen molar-refractivity contribution in [3.05, 3.63) is 123 Å². The minimum absolute atomic E-state index is 0.00893. The van der Waals surface area contributed by atoms with Gasteiger partial charge < -0.3 is 67.3 Å². The number of aromatic nitrogens is 4. The molecule has 2 aromatic heterocycles. The summed E-state index contributed by atoms with van der Waals surface area (Å²) in [6.07, 6.45) is 1.39. The number of likely N-dealkylation sites (tertiary alicyclic amines) is 1. The topological polar surface area (TPSA) is 437 Å². The number of aromatic amines is 1. The molecule has 592 valence electrons. The van der Waals surface area contributed by atoms with Crippen molar-refractivity contribution in [2.24, 2.45) is 47.2 Å². The fourth-order valence-corrected chi connectivity index (χ4v) is 13.8. The molecule has 11 N–H and O–H groups in total. The number of nitrogens with zero attached hydrogens (tertiary/aromatic N) is 6. The number of carbonyl (C=O) groups is 12. The third kappa shape index (κ3) is 25.9. The number of carboxylic acids is 1. The number of carbonyl (C=O) groups excluding carboxylic acids is 11. The van der Waals surface area contributed by atoms with Crippen LogP contribution in [0.4, 0.5) is 16.4 Å². The Bertz CT molecular complexity index is 4020. The highest BCUT2D eigenvalue weighted by atomic mass is 16.5. The molecule has 0 saturated carbocycles. The normalized spacial score (nSPS) is 15.6. The van der Waals surface area contributed by atoms with Gasteiger partial charge in [0.1, 0.15) is 17.6 Å². The van der Waals surface area contributed by atoms with Gasteiger partial charge in [0.15, 0.2) is 16.9 Å². The Morgan fingerprint density at radius 2 is 1.40 bits per heavy atom. The van der Waals surface area contributed by atoms with Crippen LogP contribution in [0.2, 0.25) is 0 Å². The molecule has 3 aromatic carbocycles. The number of Topliss-reactive ketones (excluding diaryl/α,β-unsaturated/α-hetero) is 4. The smallest absolute Gasteiger partial charge is 0.326 e. The van der Waals surface area contributed by atoms with Crippen molar-refractivity contribution in [2.45, 2.75) is 181 Å². The summed E-state index contributed by atoms with van der Waals surface area (Å²) in [6, 6.07) is 18.3. The standard InChI is InChI=1S/C79H110N14O16/c1-13-47(6)68(92(10)75(103)58(46(4)5)41-64(97)76(104)91(8)9)65(108-11)42-66(98)93-36-18-22-61(93)69(109-12)48(7)62(95)39-53(37-50-19-15-14-16-20-50)71(99)82-35-33-49-23-25-51(26-24-49)38-63(96)59(21-17-34-83-79(81)107)87-73(101)57(45(2)3)40-56(94)31-32-60(77(105)106)88-72(100)52-27-29-54(30-28-52)84-43-55-44-85-70-67(86-55)74(102)90-78(80)89-70/h14-16,19-20,23-30,44-48,53,57-61,65,68-69,84H,13,17-18,21-22,31-43H2,1-12H3,(H,82,99)(H,87,101)(H,88,100)(H,105,106)(H3,81,83,107)(H3,80,85,89,90,102)/t47?,48?,53-,57-,58+,59?,60?,61?,65?,68?,69?/m1/s1. The number of urea groups is 1. The molecular formula is C79H110N14O16. The van der Waals surface area contributed by atoms with Crippen molar-refractivity contribution >= 4 is 93.4 Å². The number of fused-ring (bicyclic) bond motifs is 1. The quantitative estimate of drug-likeness (QED) is 0.0170. The van der Waals surface area contributed by atoms with Crippen LogP contribution in [0.15, 0.2) is 89.9 Å². The van der Waals surface area contributed by atoms with Gasteiger partial charge in [-0.2, -0.15) is 4.98 Å². The van der Waals surface area contributed by atoms with Gasteiger partial charge in [0.2, 0.25) is 35.4 Å². The molecule has 1 fully saturated rings. The number of nitrogens with one attached hydrogen (secondary N) is 6. The second-order valence-corrected chi connectivity index (χ2v) is 29.2. The van der Waals surface area contributed by atoms with E-state index in [1.165, 1.54) is 51.5 Å². The summed E-state index contributed by atoms with van der Waals surface area (Å²) in [7, 11) is 7.63. The average molecular weight is 1510 g/mol. The first-order valence-corrected chi connectivity index (χ1v) is 37.3. The maximum Gasteiger partial charge on any atom is 0.326 e. The van der Waals surface area contributed by atoms with Crippen molar-refractivity contribution < 1.29 is 72.1 Å². The summed E-state index contributed by atoms with van der Waals surface area (Å²) in [4.78, 5) is 194. The second-order valence-electron chi connectivity index (χ2n) is 29.2. The number of H-pyrrole nitrogens is 1. The van der Waals surface area contributed by atoms with Gasteiger partial charge in [-0.05, 0) is 104 Å². The third-order valence-corrected chi connectivity index (χ3v) is 20.5. The molecule has 30 nitrogen and oxygen atoms in total. The number of primary amides is 1. The highest BCUT2D eigenvalue weighted by Crippen LogP contribution is 2.32. The van der Waals surface area contributed by atoms with E-state index in [0.29, 0.717) is 49.2 Å². The van der Waals surface area contributed by atoms with E-state index in [1.807, 2.05) is 70.2 Å². The minimum atomic E-state index is -1.46. The van der Waals surface area contributed by atoms with Gasteiger partial charge in [-0.25, -0.2) is 19.6 Å². The molecule has 11 atom stereocenters. The van der Waals surface area contributed by atoms with E-state index in [2.05, 4.69) is 46.5 Å². The van der Waals surface area contributed by atoms with Gasteiger partial charge in [-0.15, -0.1) is 0 Å². The first-order chi connectivity index (χ1) is 51.7. The maximum atomic E-state index is 14.6. The predicted molar refractivity (Wildman–Crippen MR) is 409 cm³/mol. The summed E-state index contributed by atoms with van der Waals surface area (Å²) in [5.74, 6) is -10.1. The van der Waals surface area contributed by atoms with Crippen LogP contribution in [0.5, 0.6) is 0 Å². The van der Waals surface area contributed by atoms with Gasteiger partial charge >= 0.3 is 12.0 Å². The number of carboxylic acid groups (broad SMARTS) is 1. The van der Waals surface area contributed by atoms with E-state index in [1.54, 1.807) is 61.9 Å². The third-order valence-electron chi connectivity index (χ3n) is 20.5. The number of hydrogen-bond donors (Lipinski definition) is 9. The number of benzene rings is 3. The molecule has 0 aliphatic carbocycles. The van der Waals surface area contributed by atoms with Crippen LogP contribution in [-0.4, -0.2) is 202 Å². The van der Waals surface area contributed by atoms with Gasteiger partial charge in [0.05, 0.1) is 55.2 Å². The first kappa shape index (κ1) is 87.5. The summed E-state index contributed by atoms with van der Waals surface area (Å²) < 4.78 is 12.2. The highest BCUT2D eigenvalue weighted by molar-refractivity contribution is 6.36. The molecule has 0 radical (unpaired) electrons. The molecule has 1 aliphatic heterocycles. The van der Waals surface area contributed by atoms with E-state index in [9.17, 15) is 67.4 Å². The van der Waals surface area contributed by atoms with E-state index in [-0.39, 0.29) is 148 Å². The summed E-state index contributed by atoms with van der Waals surface area (Å²) in [6.45, 7) is 13.7. The number of aliphatic carboxylic acids is 1. The van der Waals surface area contributed by atoms with E-state index >= 15 is 0 Å². The Balaban J connectivity index is 1.03. The fourth-order valence-electron chi connectivity index (χ4n) is 13.8. The average Bonchev–Trinajstić information content (AvgIpc) is 1.80. The summed E-state index contributed by atoms with van der Waals surface area (Å²) in [5.41, 5.74) is 13.9. The summed E-state index contributed by atoms with van der Waals surface area (Å²) in [5, 5.41) is 24.0. The van der Waals surface area contributed by atoms with Gasteiger partial charge in [-0.3, -0.25) is 57.7 Å². The zero-order valence-corrected chi connectivity index (χ0v) is 64.7. The van der Waals surface area contributed by atoms with E-state index in [4.69, 9.17) is 20.9 Å². The van der Waals surface area contributed by atoms with Crippen molar-refractivity contribution in [1.82, 2.24) is 55.9 Å². The molecule has 8 amide bonds. The molecule has 8 unspecified atom stereocenters. The Hall–Kier alpha value is -10.4. The summed E-state index contributed by atoms with van der Waals surface area (Å²) >= 11 is 0. The molecule has 0 spiro atoms. The maximum absolute atomic E-state index is 14.6. The Labute approximate surface area is 636 Å². The van der Waals surface area contributed by atoms with Crippen LogP contribution >= 0.6 is 0 Å². The van der Waals surface area contributed by atoms with Gasteiger partial charge in [0.25, 0.3) is 17.4 Å². The van der Waals surface area contributed by atoms with Crippen molar-refractivity contribution in [3.63, 3.8) is 0 Å². The van der Waals surface area contributed by atoms with E-state index < -0.39 is 113 Å². The molecule has 0 bridgehead atoms. The molecular weight excluding hydrogens is 1400 g/mol. The molecule has 109 heavy (non-hydrogen) atoms. The van der Waals surface area contributed by atoms with Crippen molar-refractivity contribution in [2.75, 3.05) is 66.0 Å². The number of nitrogen functional groups attached to an aromatic ring is 1. The number of amides is 8. The van der Waals surface area contributed by atoms with Crippen molar-refractivity contribution in [3.8, 4) is 0 Å². The number of anilines is 2. The molecule has 6 rings (SSSR count). The monoisotopic (exact) mass is 1510 g/mol. The zero-order chi connectivity index (χ0) is 80.3. The fraction of sp³-hybridized carbons (Fsp3) is 0.544. The molecule has 5 aromatic rings. The van der Waals surface area contributed by atoms with E-state index in [0.717, 1.165) is 11.1 Å². The zero-order valence-electron chi connectivity index (χ0n) is 64.7. The molecule has 1 aliphatic rings. The van der Waals surface area contributed by atoms with Crippen LogP contribution < -0.4 is 43.6 Å². The number of nitrogens with two attached hydrogens (primary N) is 2. The Morgan fingerprint density at radius 3 is 2.02 bits per heavy atom. The number of ether oxygens (including phenoxy) is 2. The SMILES string of the molecule is CCC(C)C(C(CC(=O)N1CCCC1C(OC)C(C)C(=O)C[C@@H](Cc1ccccc1)C(=O)NCCc1ccc(CC(=O)C(CCCNC(N)=O)NC(=O)[C@H](CC(=O)CCC(NC(=O)c2ccc(NCc3cnc4nc(N)[nH]c(=O)c4n3)cc2)C(=O)O)C(C)C)cc1)OC)N(C)C(=O)[C@@H](CC(=O)C(=O)N(C)C)C(C)C. The lowest BCUT2D eigenvalue weighted by Crippen LogP contribution is -2.54. The second kappa shape index (κ2) is 42.4. The first-order valence-electron chi connectivity index (χ1n) is 37.3. The van der Waals surface area contributed by atoms with Crippen LogP contribution in [0.1, 0.15) is 152 Å². The minimum Gasteiger partial charge on any atom is -0.480 e. The lowest BCUT2D eigenvalue weighted by Gasteiger charge is -2.40. The Morgan fingerprint density at radius 1 is 0.734 bits per heavy atom. The number of hydrogen-bond acceptors (Lipinski definition) is 20. The number of rotatable bonds is 45. The lowest BCUT2D eigenvalue weighted by molar-refractivity contribution is -0.150. The number of ketones is 4. The van der Waals surface area contributed by atoms with Crippen LogP contribution in [0, 0.1) is 41.4 Å². The van der Waals surface area contributed by atoms with Crippen LogP contribution in [-0.2, 0) is 83.2 Å². The van der Waals surface area contributed by atoms with Crippen molar-refractivity contribution in [1.29, 1.82) is 0 Å². The van der Waals surface area contributed by atoms with Gasteiger partial charge in [-0.1, -0.05) is 109 Å². The van der Waals surface area contributed by atoms with Gasteiger partial charge in [0, 0.05) is 122 Å². The molecule has 3 heterocycles. The van der Waals surface area contributed by atoms with Crippen LogP contribution in [0.25, 0.3) is 11.2 Å².